The third-order valence-electron chi connectivity index (χ3n) is 3.90. The van der Waals surface area contributed by atoms with Crippen molar-refractivity contribution in [1.29, 1.82) is 0 Å². The molecule has 1 aliphatic rings. The first kappa shape index (κ1) is 13.6. The molecule has 0 fully saturated rings. The van der Waals surface area contributed by atoms with Crippen LogP contribution in [0.3, 0.4) is 0 Å². The van der Waals surface area contributed by atoms with Crippen LogP contribution in [0.5, 0.6) is 5.75 Å². The SMILES string of the molecule is CN(CC1CCn2ccnc2C1)C(=O)c1cncc(O)c1. The van der Waals surface area contributed by atoms with E-state index in [1.54, 1.807) is 11.9 Å². The fourth-order valence-electron chi connectivity index (χ4n) is 2.81. The van der Waals surface area contributed by atoms with Crippen molar-refractivity contribution in [3.8, 4) is 5.75 Å². The van der Waals surface area contributed by atoms with Gasteiger partial charge in [-0.15, -0.1) is 0 Å². The van der Waals surface area contributed by atoms with Crippen LogP contribution in [-0.2, 0) is 13.0 Å². The second-order valence-corrected chi connectivity index (χ2v) is 5.51. The van der Waals surface area contributed by atoms with Crippen LogP contribution in [0.4, 0.5) is 0 Å². The highest BCUT2D eigenvalue weighted by molar-refractivity contribution is 5.94. The molecule has 1 aliphatic heterocycles. The molecule has 1 unspecified atom stereocenters. The maximum absolute atomic E-state index is 12.3. The fourth-order valence-corrected chi connectivity index (χ4v) is 2.81. The summed E-state index contributed by atoms with van der Waals surface area (Å²) in [6.07, 6.45) is 8.55. The minimum Gasteiger partial charge on any atom is -0.506 e. The molecule has 2 aromatic rings. The molecule has 1 atom stereocenters. The van der Waals surface area contributed by atoms with Crippen molar-refractivity contribution in [2.75, 3.05) is 13.6 Å². The molecule has 0 aromatic carbocycles. The highest BCUT2D eigenvalue weighted by atomic mass is 16.3. The van der Waals surface area contributed by atoms with Gasteiger partial charge in [-0.2, -0.15) is 0 Å². The van der Waals surface area contributed by atoms with E-state index in [2.05, 4.69) is 14.5 Å². The predicted molar refractivity (Wildman–Crippen MR) is 76.9 cm³/mol. The molecule has 0 saturated carbocycles. The summed E-state index contributed by atoms with van der Waals surface area (Å²) in [6, 6.07) is 1.44. The van der Waals surface area contributed by atoms with Crippen molar-refractivity contribution in [2.45, 2.75) is 19.4 Å². The standard InChI is InChI=1S/C15H18N4O2/c1-18(15(21)12-7-13(20)9-16-8-12)10-11-2-4-19-5-3-17-14(19)6-11/h3,5,7-9,11,20H,2,4,6,10H2,1H3. The van der Waals surface area contributed by atoms with Gasteiger partial charge in [0.2, 0.25) is 0 Å². The first-order valence-electron chi connectivity index (χ1n) is 7.03. The van der Waals surface area contributed by atoms with Gasteiger partial charge < -0.3 is 14.6 Å². The van der Waals surface area contributed by atoms with E-state index in [9.17, 15) is 9.90 Å². The van der Waals surface area contributed by atoms with Crippen LogP contribution in [0.1, 0.15) is 22.6 Å². The van der Waals surface area contributed by atoms with Crippen LogP contribution < -0.4 is 0 Å². The van der Waals surface area contributed by atoms with Gasteiger partial charge in [-0.25, -0.2) is 4.98 Å². The summed E-state index contributed by atoms with van der Waals surface area (Å²) in [6.45, 7) is 1.64. The lowest BCUT2D eigenvalue weighted by atomic mass is 9.97. The number of carbonyl (C=O) groups excluding carboxylic acids is 1. The minimum atomic E-state index is -0.118. The lowest BCUT2D eigenvalue weighted by Crippen LogP contribution is -2.35. The van der Waals surface area contributed by atoms with E-state index >= 15 is 0 Å². The number of hydrogen-bond donors (Lipinski definition) is 1. The van der Waals surface area contributed by atoms with Gasteiger partial charge in [0, 0.05) is 45.1 Å². The number of aryl methyl sites for hydroxylation is 1. The maximum Gasteiger partial charge on any atom is 0.255 e. The Bertz CT molecular complexity index is 653. The van der Waals surface area contributed by atoms with Crippen molar-refractivity contribution in [3.05, 3.63) is 42.2 Å². The van der Waals surface area contributed by atoms with Crippen molar-refractivity contribution in [2.24, 2.45) is 5.92 Å². The average molecular weight is 286 g/mol. The quantitative estimate of drug-likeness (QED) is 0.923. The van der Waals surface area contributed by atoms with Crippen LogP contribution in [0.2, 0.25) is 0 Å². The number of pyridine rings is 1. The second kappa shape index (κ2) is 5.55. The third kappa shape index (κ3) is 2.89. The number of hydrogen-bond acceptors (Lipinski definition) is 4. The lowest BCUT2D eigenvalue weighted by Gasteiger charge is -2.27. The number of fused-ring (bicyclic) bond motifs is 1. The summed E-state index contributed by atoms with van der Waals surface area (Å²) in [7, 11) is 1.79. The highest BCUT2D eigenvalue weighted by Crippen LogP contribution is 2.20. The number of aromatic hydroxyl groups is 1. The number of carbonyl (C=O) groups is 1. The van der Waals surface area contributed by atoms with Crippen LogP contribution in [0, 0.1) is 5.92 Å². The third-order valence-corrected chi connectivity index (χ3v) is 3.90. The van der Waals surface area contributed by atoms with Crippen molar-refractivity contribution >= 4 is 5.91 Å². The van der Waals surface area contributed by atoms with Crippen molar-refractivity contribution < 1.29 is 9.90 Å². The summed E-state index contributed by atoms with van der Waals surface area (Å²) in [5.74, 6) is 1.39. The van der Waals surface area contributed by atoms with Crippen molar-refractivity contribution in [1.82, 2.24) is 19.4 Å². The molecule has 1 amide bonds. The van der Waals surface area contributed by atoms with E-state index in [4.69, 9.17) is 0 Å². The van der Waals surface area contributed by atoms with Gasteiger partial charge in [0.25, 0.3) is 5.91 Å². The molecule has 110 valence electrons. The largest absolute Gasteiger partial charge is 0.506 e. The van der Waals surface area contributed by atoms with Gasteiger partial charge in [-0.1, -0.05) is 0 Å². The van der Waals surface area contributed by atoms with E-state index in [0.717, 1.165) is 25.2 Å². The highest BCUT2D eigenvalue weighted by Gasteiger charge is 2.22. The van der Waals surface area contributed by atoms with Gasteiger partial charge in [-0.3, -0.25) is 9.78 Å². The van der Waals surface area contributed by atoms with Gasteiger partial charge in [0.1, 0.15) is 11.6 Å². The van der Waals surface area contributed by atoms with Crippen LogP contribution in [0.25, 0.3) is 0 Å². The monoisotopic (exact) mass is 286 g/mol. The number of aromatic nitrogens is 3. The molecular formula is C15H18N4O2. The van der Waals surface area contributed by atoms with Crippen LogP contribution >= 0.6 is 0 Å². The van der Waals surface area contributed by atoms with Crippen molar-refractivity contribution in [3.63, 3.8) is 0 Å². The summed E-state index contributed by atoms with van der Waals surface area (Å²) < 4.78 is 2.16. The normalized spacial score (nSPS) is 17.3. The van der Waals surface area contributed by atoms with E-state index in [0.29, 0.717) is 18.0 Å². The average Bonchev–Trinajstić information content (AvgIpc) is 2.94. The Labute approximate surface area is 123 Å². The Kier molecular flexibility index (Phi) is 3.60. The Hall–Kier alpha value is -2.37. The summed E-state index contributed by atoms with van der Waals surface area (Å²) in [4.78, 5) is 22.2. The number of nitrogens with zero attached hydrogens (tertiary/aromatic N) is 4. The molecule has 0 spiro atoms. The minimum absolute atomic E-state index is 0.00828. The molecule has 0 radical (unpaired) electrons. The molecular weight excluding hydrogens is 268 g/mol. The molecule has 21 heavy (non-hydrogen) atoms. The first-order chi connectivity index (χ1) is 10.1. The predicted octanol–water partition coefficient (Wildman–Crippen LogP) is 1.32. The first-order valence-corrected chi connectivity index (χ1v) is 7.03. The van der Waals surface area contributed by atoms with E-state index < -0.39 is 0 Å². The topological polar surface area (TPSA) is 71.2 Å². The van der Waals surface area contributed by atoms with Crippen LogP contribution in [-0.4, -0.2) is 44.0 Å². The summed E-state index contributed by atoms with van der Waals surface area (Å²) in [5.41, 5.74) is 0.412. The van der Waals surface area contributed by atoms with Crippen LogP contribution in [0.15, 0.2) is 30.9 Å². The molecule has 0 saturated heterocycles. The number of imidazole rings is 1. The molecule has 0 aliphatic carbocycles. The van der Waals surface area contributed by atoms with Gasteiger partial charge in [-0.05, 0) is 18.4 Å². The molecule has 1 N–H and O–H groups in total. The Morgan fingerprint density at radius 1 is 1.52 bits per heavy atom. The summed E-state index contributed by atoms with van der Waals surface area (Å²) >= 11 is 0. The fraction of sp³-hybridized carbons (Fsp3) is 0.400. The van der Waals surface area contributed by atoms with Gasteiger partial charge >= 0.3 is 0 Å². The Morgan fingerprint density at radius 3 is 3.19 bits per heavy atom. The smallest absolute Gasteiger partial charge is 0.255 e. The molecule has 6 heteroatoms. The molecule has 0 bridgehead atoms. The van der Waals surface area contributed by atoms with E-state index in [1.807, 2.05) is 12.4 Å². The zero-order valence-corrected chi connectivity index (χ0v) is 11.9. The number of rotatable bonds is 3. The molecule has 6 nitrogen and oxygen atoms in total. The summed E-state index contributed by atoms with van der Waals surface area (Å²) in [5, 5.41) is 9.41. The zero-order chi connectivity index (χ0) is 14.8. The van der Waals surface area contributed by atoms with Gasteiger partial charge in [0.05, 0.1) is 11.8 Å². The maximum atomic E-state index is 12.3. The Morgan fingerprint density at radius 2 is 2.38 bits per heavy atom. The van der Waals surface area contributed by atoms with E-state index in [-0.39, 0.29) is 11.7 Å². The Balaban J connectivity index is 1.64. The molecule has 3 rings (SSSR count). The number of amides is 1. The van der Waals surface area contributed by atoms with Gasteiger partial charge in [0.15, 0.2) is 0 Å². The second-order valence-electron chi connectivity index (χ2n) is 5.51. The van der Waals surface area contributed by atoms with E-state index in [1.165, 1.54) is 18.5 Å². The molecule has 2 aromatic heterocycles. The lowest BCUT2D eigenvalue weighted by molar-refractivity contribution is 0.0763. The zero-order valence-electron chi connectivity index (χ0n) is 11.9. The molecule has 3 heterocycles.